The number of benzene rings is 1. The minimum absolute atomic E-state index is 0.232. The number of nitrogens with one attached hydrogen (secondary N) is 1. The second kappa shape index (κ2) is 8.39. The van der Waals surface area contributed by atoms with E-state index in [1.54, 1.807) is 18.4 Å². The molecule has 0 aliphatic rings. The number of imidazole rings is 1. The van der Waals surface area contributed by atoms with Gasteiger partial charge in [-0.3, -0.25) is 10.1 Å². The van der Waals surface area contributed by atoms with Gasteiger partial charge in [0.05, 0.1) is 17.3 Å². The normalized spacial score (nSPS) is 11.2. The van der Waals surface area contributed by atoms with E-state index >= 15 is 0 Å². The highest BCUT2D eigenvalue weighted by molar-refractivity contribution is 14.1. The minimum atomic E-state index is -0.232. The number of rotatable bonds is 7. The molecule has 0 radical (unpaired) electrons. The summed E-state index contributed by atoms with van der Waals surface area (Å²) in [7, 11) is 0. The summed E-state index contributed by atoms with van der Waals surface area (Å²) in [6.07, 6.45) is 3.53. The van der Waals surface area contributed by atoms with E-state index in [1.165, 1.54) is 11.3 Å². The zero-order valence-electron chi connectivity index (χ0n) is 15.2. The van der Waals surface area contributed by atoms with Crippen LogP contribution >= 0.6 is 33.9 Å². The van der Waals surface area contributed by atoms with Gasteiger partial charge < -0.3 is 8.98 Å². The average Bonchev–Trinajstić information content (AvgIpc) is 3.44. The Hall–Kier alpha value is -2.27. The Kier molecular flexibility index (Phi) is 5.72. The first kappa shape index (κ1) is 19.1. The van der Waals surface area contributed by atoms with E-state index in [-0.39, 0.29) is 5.91 Å². The lowest BCUT2D eigenvalue weighted by atomic mass is 10.2. The molecular formula is C19H18IN5O2S. The number of hydrogen-bond donors (Lipinski definition) is 1. The monoisotopic (exact) mass is 507 g/mol. The van der Waals surface area contributed by atoms with E-state index in [2.05, 4.69) is 49.6 Å². The maximum absolute atomic E-state index is 12.7. The lowest BCUT2D eigenvalue weighted by molar-refractivity contribution is 0.102. The van der Waals surface area contributed by atoms with Crippen LogP contribution in [0.1, 0.15) is 29.5 Å². The van der Waals surface area contributed by atoms with Crippen LogP contribution in [0.5, 0.6) is 0 Å². The number of fused-ring (bicyclic) bond motifs is 1. The fraction of sp³-hybridized carbons (Fsp3) is 0.263. The predicted octanol–water partition coefficient (Wildman–Crippen LogP) is 4.79. The molecule has 3 aromatic heterocycles. The maximum atomic E-state index is 12.7. The van der Waals surface area contributed by atoms with Crippen LogP contribution in [0.15, 0.2) is 41.0 Å². The Morgan fingerprint density at radius 3 is 2.96 bits per heavy atom. The van der Waals surface area contributed by atoms with Crippen molar-refractivity contribution in [2.45, 2.75) is 26.3 Å². The molecule has 1 aromatic carbocycles. The van der Waals surface area contributed by atoms with E-state index in [0.717, 1.165) is 40.7 Å². The van der Waals surface area contributed by atoms with Crippen LogP contribution in [0.4, 0.5) is 5.13 Å². The highest BCUT2D eigenvalue weighted by atomic mass is 127. The minimum Gasteiger partial charge on any atom is -0.462 e. The molecule has 0 unspecified atom stereocenters. The largest absolute Gasteiger partial charge is 0.462 e. The number of aromatic nitrogens is 4. The van der Waals surface area contributed by atoms with E-state index in [0.29, 0.717) is 21.5 Å². The molecule has 7 nitrogen and oxygen atoms in total. The number of furan rings is 1. The summed E-state index contributed by atoms with van der Waals surface area (Å²) >= 11 is 3.65. The molecule has 0 aliphatic carbocycles. The first-order chi connectivity index (χ1) is 13.7. The van der Waals surface area contributed by atoms with Gasteiger partial charge in [0.25, 0.3) is 5.91 Å². The molecule has 0 spiro atoms. The molecule has 0 fully saturated rings. The molecule has 1 amide bonds. The fourth-order valence-corrected chi connectivity index (χ4v) is 4.05. The summed E-state index contributed by atoms with van der Waals surface area (Å²) in [6, 6.07) is 9.22. The second-order valence-electron chi connectivity index (χ2n) is 6.12. The molecule has 4 rings (SSSR count). The highest BCUT2D eigenvalue weighted by Gasteiger charge is 2.15. The number of anilines is 1. The van der Waals surface area contributed by atoms with Gasteiger partial charge in [0.1, 0.15) is 5.82 Å². The van der Waals surface area contributed by atoms with Crippen molar-refractivity contribution in [3.8, 4) is 10.8 Å². The van der Waals surface area contributed by atoms with Crippen molar-refractivity contribution in [1.82, 2.24) is 19.7 Å². The first-order valence-corrected chi connectivity index (χ1v) is 11.3. The van der Waals surface area contributed by atoms with Crippen LogP contribution in [0.2, 0.25) is 0 Å². The van der Waals surface area contributed by atoms with Crippen LogP contribution in [0.25, 0.3) is 21.8 Å². The van der Waals surface area contributed by atoms with Crippen molar-refractivity contribution in [2.75, 3.05) is 9.74 Å². The number of hydrogen-bond acceptors (Lipinski definition) is 6. The molecule has 9 heteroatoms. The first-order valence-electron chi connectivity index (χ1n) is 8.93. The van der Waals surface area contributed by atoms with Gasteiger partial charge in [0.2, 0.25) is 5.13 Å². The summed E-state index contributed by atoms with van der Waals surface area (Å²) in [5, 5.41) is 11.9. The summed E-state index contributed by atoms with van der Waals surface area (Å²) in [4.78, 5) is 17.4. The third kappa shape index (κ3) is 3.81. The molecule has 0 atom stereocenters. The van der Waals surface area contributed by atoms with Crippen molar-refractivity contribution in [3.05, 3.63) is 48.0 Å². The van der Waals surface area contributed by atoms with Crippen LogP contribution < -0.4 is 5.32 Å². The Labute approximate surface area is 179 Å². The number of amides is 1. The summed E-state index contributed by atoms with van der Waals surface area (Å²) < 4.78 is 8.65. The SMILES string of the molecule is CCc1nc2cc(C(=O)Nc3nnc(-c4ccco4)s3)ccc2n1CCCI. The molecule has 28 heavy (non-hydrogen) atoms. The van der Waals surface area contributed by atoms with E-state index in [9.17, 15) is 4.79 Å². The van der Waals surface area contributed by atoms with Crippen LogP contribution in [-0.2, 0) is 13.0 Å². The van der Waals surface area contributed by atoms with Crippen molar-refractivity contribution in [1.29, 1.82) is 0 Å². The number of aryl methyl sites for hydroxylation is 2. The summed E-state index contributed by atoms with van der Waals surface area (Å²) in [5.41, 5.74) is 2.45. The van der Waals surface area contributed by atoms with Gasteiger partial charge in [-0.15, -0.1) is 10.2 Å². The smallest absolute Gasteiger partial charge is 0.257 e. The number of carbonyl (C=O) groups excluding carboxylic acids is 1. The molecule has 0 saturated carbocycles. The Balaban J connectivity index is 1.56. The van der Waals surface area contributed by atoms with E-state index in [4.69, 9.17) is 9.40 Å². The van der Waals surface area contributed by atoms with Crippen LogP contribution in [0.3, 0.4) is 0 Å². The van der Waals surface area contributed by atoms with Crippen LogP contribution in [0, 0.1) is 0 Å². The molecule has 3 heterocycles. The second-order valence-corrected chi connectivity index (χ2v) is 8.18. The van der Waals surface area contributed by atoms with Crippen LogP contribution in [-0.4, -0.2) is 30.1 Å². The fourth-order valence-electron chi connectivity index (χ4n) is 3.00. The molecule has 0 bridgehead atoms. The third-order valence-electron chi connectivity index (χ3n) is 4.30. The topological polar surface area (TPSA) is 85.8 Å². The molecule has 1 N–H and O–H groups in total. The third-order valence-corrected chi connectivity index (χ3v) is 5.91. The number of alkyl halides is 1. The Morgan fingerprint density at radius 2 is 2.21 bits per heavy atom. The quantitative estimate of drug-likeness (QED) is 0.287. The summed E-state index contributed by atoms with van der Waals surface area (Å²) in [6.45, 7) is 3.04. The predicted molar refractivity (Wildman–Crippen MR) is 118 cm³/mol. The maximum Gasteiger partial charge on any atom is 0.257 e. The average molecular weight is 507 g/mol. The molecule has 4 aromatic rings. The van der Waals surface area contributed by atoms with Gasteiger partial charge in [-0.05, 0) is 36.8 Å². The zero-order valence-corrected chi connectivity index (χ0v) is 18.2. The van der Waals surface area contributed by atoms with E-state index < -0.39 is 0 Å². The van der Waals surface area contributed by atoms with Gasteiger partial charge in [-0.25, -0.2) is 4.98 Å². The van der Waals surface area contributed by atoms with Gasteiger partial charge in [-0.2, -0.15) is 0 Å². The van der Waals surface area contributed by atoms with Gasteiger partial charge in [0, 0.05) is 23.0 Å². The van der Waals surface area contributed by atoms with Gasteiger partial charge in [-0.1, -0.05) is 40.9 Å². The standard InChI is InChI=1S/C19H18IN5O2S/c1-2-16-21-13-11-12(6-7-14(13)25(16)9-4-8-20)17(26)22-19-24-23-18(28-19)15-5-3-10-27-15/h3,5-7,10-11H,2,4,8-9H2,1H3,(H,22,24,26). The van der Waals surface area contributed by atoms with Gasteiger partial charge in [0.15, 0.2) is 10.8 Å². The molecular weight excluding hydrogens is 489 g/mol. The highest BCUT2D eigenvalue weighted by Crippen LogP contribution is 2.27. The lowest BCUT2D eigenvalue weighted by Gasteiger charge is -2.07. The molecule has 0 aliphatic heterocycles. The van der Waals surface area contributed by atoms with Gasteiger partial charge >= 0.3 is 0 Å². The van der Waals surface area contributed by atoms with Crippen molar-refractivity contribution in [2.24, 2.45) is 0 Å². The zero-order chi connectivity index (χ0) is 19.5. The Bertz CT molecular complexity index is 1100. The van der Waals surface area contributed by atoms with Crippen molar-refractivity contribution in [3.63, 3.8) is 0 Å². The summed E-state index contributed by atoms with van der Waals surface area (Å²) in [5.74, 6) is 1.44. The molecule has 0 saturated heterocycles. The van der Waals surface area contributed by atoms with Crippen molar-refractivity contribution < 1.29 is 9.21 Å². The van der Waals surface area contributed by atoms with Crippen molar-refractivity contribution >= 4 is 56.0 Å². The lowest BCUT2D eigenvalue weighted by Crippen LogP contribution is -2.11. The Morgan fingerprint density at radius 1 is 1.32 bits per heavy atom. The van der Waals surface area contributed by atoms with E-state index in [1.807, 2.05) is 18.2 Å². The number of nitrogens with zero attached hydrogens (tertiary/aromatic N) is 4. The molecule has 144 valence electrons. The number of carbonyl (C=O) groups is 1. The number of halogens is 1.